The molecule has 138 valence electrons. The second-order valence-electron chi connectivity index (χ2n) is 6.36. The number of sulfonamides is 1. The summed E-state index contributed by atoms with van der Waals surface area (Å²) >= 11 is 6.17. The molecule has 3 rings (SSSR count). The molecule has 0 radical (unpaired) electrons. The molecule has 26 heavy (non-hydrogen) atoms. The Labute approximate surface area is 159 Å². The predicted molar refractivity (Wildman–Crippen MR) is 102 cm³/mol. The van der Waals surface area contributed by atoms with E-state index in [1.165, 1.54) is 16.4 Å². The first-order chi connectivity index (χ1) is 12.4. The van der Waals surface area contributed by atoms with E-state index < -0.39 is 10.0 Å². The quantitative estimate of drug-likeness (QED) is 0.845. The SMILES string of the molecule is CC(NC(=O)c1cccc(S(=O)(=O)N2CCCC2)c1)c1ccccc1Cl. The van der Waals surface area contributed by atoms with E-state index in [1.54, 1.807) is 18.2 Å². The molecule has 2 aromatic carbocycles. The van der Waals surface area contributed by atoms with Gasteiger partial charge >= 0.3 is 0 Å². The zero-order valence-electron chi connectivity index (χ0n) is 14.5. The van der Waals surface area contributed by atoms with Crippen LogP contribution in [-0.2, 0) is 10.0 Å². The van der Waals surface area contributed by atoms with Crippen LogP contribution < -0.4 is 5.32 Å². The molecule has 2 aromatic rings. The lowest BCUT2D eigenvalue weighted by atomic mass is 10.1. The maximum absolute atomic E-state index is 12.7. The Bertz CT molecular complexity index is 909. The van der Waals surface area contributed by atoms with Gasteiger partial charge in [-0.3, -0.25) is 4.79 Å². The van der Waals surface area contributed by atoms with E-state index in [0.717, 1.165) is 18.4 Å². The third-order valence-electron chi connectivity index (χ3n) is 4.52. The Morgan fingerprint density at radius 1 is 1.12 bits per heavy atom. The van der Waals surface area contributed by atoms with Crippen LogP contribution in [0.1, 0.15) is 41.7 Å². The van der Waals surface area contributed by atoms with Crippen molar-refractivity contribution in [2.75, 3.05) is 13.1 Å². The molecular formula is C19H21ClN2O3S. The van der Waals surface area contributed by atoms with Gasteiger partial charge in [-0.15, -0.1) is 0 Å². The molecule has 1 aliphatic heterocycles. The van der Waals surface area contributed by atoms with Gasteiger partial charge in [0.15, 0.2) is 0 Å². The van der Waals surface area contributed by atoms with Crippen LogP contribution in [0.4, 0.5) is 0 Å². The summed E-state index contributed by atoms with van der Waals surface area (Å²) in [4.78, 5) is 12.7. The zero-order chi connectivity index (χ0) is 18.7. The summed E-state index contributed by atoms with van der Waals surface area (Å²) in [5.74, 6) is -0.337. The van der Waals surface area contributed by atoms with E-state index in [1.807, 2.05) is 25.1 Å². The molecule has 0 saturated carbocycles. The van der Waals surface area contributed by atoms with Gasteiger partial charge in [0, 0.05) is 23.7 Å². The minimum Gasteiger partial charge on any atom is -0.345 e. The molecule has 0 aliphatic carbocycles. The van der Waals surface area contributed by atoms with Gasteiger partial charge in [0.2, 0.25) is 10.0 Å². The first-order valence-electron chi connectivity index (χ1n) is 8.55. The average Bonchev–Trinajstić information content (AvgIpc) is 3.17. The molecule has 7 heteroatoms. The number of rotatable bonds is 5. The van der Waals surface area contributed by atoms with Gasteiger partial charge < -0.3 is 5.32 Å². The zero-order valence-corrected chi connectivity index (χ0v) is 16.1. The van der Waals surface area contributed by atoms with Crippen LogP contribution >= 0.6 is 11.6 Å². The molecule has 5 nitrogen and oxygen atoms in total. The molecule has 1 fully saturated rings. The summed E-state index contributed by atoms with van der Waals surface area (Å²) < 4.78 is 26.8. The van der Waals surface area contributed by atoms with Gasteiger partial charge in [-0.2, -0.15) is 4.31 Å². The fourth-order valence-electron chi connectivity index (χ4n) is 3.06. The minimum absolute atomic E-state index is 0.150. The molecule has 1 saturated heterocycles. The largest absolute Gasteiger partial charge is 0.345 e. The van der Waals surface area contributed by atoms with E-state index in [4.69, 9.17) is 11.6 Å². The smallest absolute Gasteiger partial charge is 0.251 e. The fraction of sp³-hybridized carbons (Fsp3) is 0.316. The third kappa shape index (κ3) is 3.92. The van der Waals surface area contributed by atoms with E-state index in [9.17, 15) is 13.2 Å². The highest BCUT2D eigenvalue weighted by molar-refractivity contribution is 7.89. The van der Waals surface area contributed by atoms with Gasteiger partial charge in [-0.25, -0.2) is 8.42 Å². The number of nitrogens with one attached hydrogen (secondary N) is 1. The van der Waals surface area contributed by atoms with Gasteiger partial charge in [-0.1, -0.05) is 35.9 Å². The number of nitrogens with zero attached hydrogens (tertiary/aromatic N) is 1. The third-order valence-corrected chi connectivity index (χ3v) is 6.76. The van der Waals surface area contributed by atoms with Gasteiger partial charge in [-0.05, 0) is 49.6 Å². The van der Waals surface area contributed by atoms with Crippen molar-refractivity contribution in [3.05, 3.63) is 64.7 Å². The number of halogens is 1. The number of carbonyl (C=O) groups excluding carboxylic acids is 1. The van der Waals surface area contributed by atoms with Crippen molar-refractivity contribution in [2.45, 2.75) is 30.7 Å². The second kappa shape index (κ2) is 7.78. The van der Waals surface area contributed by atoms with Crippen molar-refractivity contribution in [3.63, 3.8) is 0 Å². The highest BCUT2D eigenvalue weighted by atomic mass is 35.5. The van der Waals surface area contributed by atoms with E-state index in [0.29, 0.717) is 23.7 Å². The van der Waals surface area contributed by atoms with Crippen LogP contribution in [0.15, 0.2) is 53.4 Å². The Morgan fingerprint density at radius 3 is 2.50 bits per heavy atom. The van der Waals surface area contributed by atoms with Crippen LogP contribution in [0.2, 0.25) is 5.02 Å². The standard InChI is InChI=1S/C19H21ClN2O3S/c1-14(17-9-2-3-10-18(17)20)21-19(23)15-7-6-8-16(13-15)26(24,25)22-11-4-5-12-22/h2-3,6-10,13-14H,4-5,11-12H2,1H3,(H,21,23). The topological polar surface area (TPSA) is 66.5 Å². The maximum atomic E-state index is 12.7. The predicted octanol–water partition coefficient (Wildman–Crippen LogP) is 3.62. The Morgan fingerprint density at radius 2 is 1.81 bits per heavy atom. The summed E-state index contributed by atoms with van der Waals surface area (Å²) in [6.45, 7) is 2.90. The van der Waals surface area contributed by atoms with Crippen LogP contribution in [0, 0.1) is 0 Å². The molecular weight excluding hydrogens is 372 g/mol. The lowest BCUT2D eigenvalue weighted by molar-refractivity contribution is 0.0939. The summed E-state index contributed by atoms with van der Waals surface area (Å²) in [7, 11) is -3.55. The molecule has 1 heterocycles. The van der Waals surface area contributed by atoms with Crippen molar-refractivity contribution in [3.8, 4) is 0 Å². The second-order valence-corrected chi connectivity index (χ2v) is 8.70. The molecule has 1 atom stereocenters. The molecule has 1 amide bonds. The highest BCUT2D eigenvalue weighted by Crippen LogP contribution is 2.24. The first-order valence-corrected chi connectivity index (χ1v) is 10.4. The summed E-state index contributed by atoms with van der Waals surface area (Å²) in [6, 6.07) is 13.2. The minimum atomic E-state index is -3.55. The maximum Gasteiger partial charge on any atom is 0.251 e. The van der Waals surface area contributed by atoms with Gasteiger partial charge in [0.25, 0.3) is 5.91 Å². The fourth-order valence-corrected chi connectivity index (χ4v) is 4.92. The van der Waals surface area contributed by atoms with Crippen LogP contribution in [0.5, 0.6) is 0 Å². The number of amides is 1. The van der Waals surface area contributed by atoms with Crippen molar-refractivity contribution < 1.29 is 13.2 Å². The lowest BCUT2D eigenvalue weighted by Gasteiger charge is -2.17. The normalized spacial score (nSPS) is 16.4. The Hall–Kier alpha value is -1.89. The van der Waals surface area contributed by atoms with Crippen LogP contribution in [-0.4, -0.2) is 31.7 Å². The highest BCUT2D eigenvalue weighted by Gasteiger charge is 2.27. The summed E-state index contributed by atoms with van der Waals surface area (Å²) in [5.41, 5.74) is 1.12. The monoisotopic (exact) mass is 392 g/mol. The molecule has 0 aromatic heterocycles. The van der Waals surface area contributed by atoms with E-state index in [2.05, 4.69) is 5.32 Å². The summed E-state index contributed by atoms with van der Waals surface area (Å²) in [5, 5.41) is 3.44. The lowest BCUT2D eigenvalue weighted by Crippen LogP contribution is -2.29. The number of benzene rings is 2. The number of hydrogen-bond donors (Lipinski definition) is 1. The molecule has 0 spiro atoms. The van der Waals surface area contributed by atoms with Crippen LogP contribution in [0.3, 0.4) is 0 Å². The molecule has 1 N–H and O–H groups in total. The molecule has 1 unspecified atom stereocenters. The Kier molecular flexibility index (Phi) is 5.65. The van der Waals surface area contributed by atoms with E-state index in [-0.39, 0.29) is 16.8 Å². The van der Waals surface area contributed by atoms with E-state index >= 15 is 0 Å². The van der Waals surface area contributed by atoms with Crippen molar-refractivity contribution >= 4 is 27.5 Å². The molecule has 1 aliphatic rings. The summed E-state index contributed by atoms with van der Waals surface area (Å²) in [6.07, 6.45) is 1.74. The van der Waals surface area contributed by atoms with Crippen LogP contribution in [0.25, 0.3) is 0 Å². The number of hydrogen-bond acceptors (Lipinski definition) is 3. The van der Waals surface area contributed by atoms with Gasteiger partial charge in [0.05, 0.1) is 10.9 Å². The average molecular weight is 393 g/mol. The first kappa shape index (κ1) is 18.9. The van der Waals surface area contributed by atoms with Crippen molar-refractivity contribution in [1.82, 2.24) is 9.62 Å². The van der Waals surface area contributed by atoms with Gasteiger partial charge in [0.1, 0.15) is 0 Å². The van der Waals surface area contributed by atoms with Crippen molar-refractivity contribution in [1.29, 1.82) is 0 Å². The number of carbonyl (C=O) groups is 1. The Balaban J connectivity index is 1.79. The molecule has 0 bridgehead atoms. The van der Waals surface area contributed by atoms with Crippen molar-refractivity contribution in [2.24, 2.45) is 0 Å².